The molecule has 1 aromatic rings. The van der Waals surface area contributed by atoms with Crippen LogP contribution >= 0.6 is 0 Å². The molecule has 8 nitrogen and oxygen atoms in total. The maximum atomic E-state index is 11.4. The van der Waals surface area contributed by atoms with Gasteiger partial charge in [0.1, 0.15) is 5.69 Å². The third kappa shape index (κ3) is 2.57. The summed E-state index contributed by atoms with van der Waals surface area (Å²) in [5.41, 5.74) is -0.564. The highest BCUT2D eigenvalue weighted by Crippen LogP contribution is 2.42. The molecule has 0 aromatic carbocycles. The number of aliphatic carboxylic acids is 1. The number of anilines is 1. The predicted molar refractivity (Wildman–Crippen MR) is 76.4 cm³/mol. The topological polar surface area (TPSA) is 110 Å². The van der Waals surface area contributed by atoms with Gasteiger partial charge in [-0.1, -0.05) is 6.42 Å². The Morgan fingerprint density at radius 2 is 2.19 bits per heavy atom. The molecule has 21 heavy (non-hydrogen) atoms. The lowest BCUT2D eigenvalue weighted by Crippen LogP contribution is -2.44. The second kappa shape index (κ2) is 5.34. The average molecular weight is 296 g/mol. The number of hydrogen-bond donors (Lipinski definition) is 2. The molecule has 2 rings (SSSR count). The molecule has 0 spiro atoms. The lowest BCUT2D eigenvalue weighted by Gasteiger charge is -2.37. The molecule has 116 valence electrons. The number of rotatable bonds is 6. The number of nitrogens with one attached hydrogen (secondary N) is 1. The first-order chi connectivity index (χ1) is 9.78. The van der Waals surface area contributed by atoms with Crippen LogP contribution in [0.1, 0.15) is 44.8 Å². The first kappa shape index (κ1) is 15.3. The molecule has 2 N–H and O–H groups in total. The van der Waals surface area contributed by atoms with Crippen molar-refractivity contribution in [3.63, 3.8) is 0 Å². The zero-order valence-corrected chi connectivity index (χ0v) is 12.4. The van der Waals surface area contributed by atoms with Crippen LogP contribution in [0.15, 0.2) is 0 Å². The van der Waals surface area contributed by atoms with E-state index in [9.17, 15) is 20.0 Å². The largest absolute Gasteiger partial charge is 0.481 e. The van der Waals surface area contributed by atoms with Crippen LogP contribution in [0.25, 0.3) is 0 Å². The minimum Gasteiger partial charge on any atom is -0.481 e. The molecule has 0 atom stereocenters. The Morgan fingerprint density at radius 1 is 1.57 bits per heavy atom. The second-order valence-corrected chi connectivity index (χ2v) is 5.87. The number of carboxylic acids is 1. The minimum atomic E-state index is -0.851. The maximum Gasteiger partial charge on any atom is 0.333 e. The number of carbonyl (C=O) groups is 1. The van der Waals surface area contributed by atoms with Crippen LogP contribution in [0, 0.1) is 22.5 Å². The highest BCUT2D eigenvalue weighted by atomic mass is 16.6. The molecule has 1 aromatic heterocycles. The Hall–Kier alpha value is -2.12. The molecule has 0 radical (unpaired) electrons. The highest BCUT2D eigenvalue weighted by molar-refractivity contribution is 5.77. The summed E-state index contributed by atoms with van der Waals surface area (Å²) in [6, 6.07) is -0.0536. The third-order valence-electron chi connectivity index (χ3n) is 4.08. The number of aromatic nitrogens is 2. The zero-order valence-electron chi connectivity index (χ0n) is 12.4. The number of nitrogens with zero attached hydrogens (tertiary/aromatic N) is 3. The third-order valence-corrected chi connectivity index (χ3v) is 4.08. The number of nitro groups is 1. The van der Waals surface area contributed by atoms with E-state index in [1.165, 1.54) is 0 Å². The van der Waals surface area contributed by atoms with Crippen molar-refractivity contribution >= 4 is 17.5 Å². The van der Waals surface area contributed by atoms with E-state index in [-0.39, 0.29) is 18.3 Å². The van der Waals surface area contributed by atoms with E-state index in [2.05, 4.69) is 10.4 Å². The van der Waals surface area contributed by atoms with Crippen LogP contribution in [-0.2, 0) is 4.79 Å². The molecule has 0 aliphatic heterocycles. The molecule has 1 heterocycles. The molecule has 0 unspecified atom stereocenters. The summed E-state index contributed by atoms with van der Waals surface area (Å²) in [5, 5.41) is 27.7. The summed E-state index contributed by atoms with van der Waals surface area (Å²) in [6.45, 7) is 5.51. The van der Waals surface area contributed by atoms with Gasteiger partial charge in [0.25, 0.3) is 0 Å². The van der Waals surface area contributed by atoms with Gasteiger partial charge in [-0.05, 0) is 33.6 Å². The van der Waals surface area contributed by atoms with E-state index >= 15 is 0 Å². The van der Waals surface area contributed by atoms with Crippen LogP contribution in [0.3, 0.4) is 0 Å². The molecule has 0 saturated heterocycles. The molecule has 1 aliphatic rings. The van der Waals surface area contributed by atoms with Gasteiger partial charge in [0.05, 0.1) is 10.3 Å². The summed E-state index contributed by atoms with van der Waals surface area (Å²) in [4.78, 5) is 22.1. The van der Waals surface area contributed by atoms with E-state index in [1.807, 2.05) is 13.8 Å². The van der Waals surface area contributed by atoms with Crippen molar-refractivity contribution in [2.45, 2.75) is 46.1 Å². The quantitative estimate of drug-likeness (QED) is 0.615. The van der Waals surface area contributed by atoms with Crippen molar-refractivity contribution < 1.29 is 14.8 Å². The van der Waals surface area contributed by atoms with Crippen LogP contribution in [0.5, 0.6) is 0 Å². The lowest BCUT2D eigenvalue weighted by atomic mass is 9.69. The van der Waals surface area contributed by atoms with Gasteiger partial charge in [-0.2, -0.15) is 5.10 Å². The van der Waals surface area contributed by atoms with Gasteiger partial charge in [0, 0.05) is 12.6 Å². The fourth-order valence-electron chi connectivity index (χ4n) is 2.62. The van der Waals surface area contributed by atoms with Gasteiger partial charge in [0.15, 0.2) is 0 Å². The van der Waals surface area contributed by atoms with Crippen molar-refractivity contribution in [3.8, 4) is 0 Å². The fraction of sp³-hybridized carbons (Fsp3) is 0.692. The normalized spacial score (nSPS) is 16.6. The molecule has 1 fully saturated rings. The van der Waals surface area contributed by atoms with Gasteiger partial charge in [-0.15, -0.1) is 0 Å². The van der Waals surface area contributed by atoms with Gasteiger partial charge in [0.2, 0.25) is 5.82 Å². The van der Waals surface area contributed by atoms with Crippen LogP contribution in [0.4, 0.5) is 11.5 Å². The van der Waals surface area contributed by atoms with E-state index in [4.69, 9.17) is 0 Å². The molecule has 0 bridgehead atoms. The van der Waals surface area contributed by atoms with E-state index in [0.29, 0.717) is 24.4 Å². The van der Waals surface area contributed by atoms with Crippen LogP contribution < -0.4 is 5.32 Å². The Balaban J connectivity index is 2.30. The summed E-state index contributed by atoms with van der Waals surface area (Å²) in [6.07, 6.45) is 2.06. The van der Waals surface area contributed by atoms with Gasteiger partial charge >= 0.3 is 11.7 Å². The molecular formula is C13H20N4O4. The Labute approximate surface area is 122 Å². The van der Waals surface area contributed by atoms with Crippen molar-refractivity contribution in [2.75, 3.05) is 11.9 Å². The monoisotopic (exact) mass is 296 g/mol. The minimum absolute atomic E-state index is 0.0536. The molecule has 1 aliphatic carbocycles. The standard InChI is InChI=1S/C13H20N4O4/c1-8(2)16-11(10(17(20)21)9(3)15-16)14-7-13(12(18)19)5-4-6-13/h8,14H,4-7H2,1-3H3,(H,18,19). The SMILES string of the molecule is Cc1nn(C(C)C)c(NCC2(C(=O)O)CCC2)c1[N+](=O)[O-]. The first-order valence-corrected chi connectivity index (χ1v) is 6.99. The van der Waals surface area contributed by atoms with E-state index < -0.39 is 16.3 Å². The van der Waals surface area contributed by atoms with Gasteiger partial charge in [-0.3, -0.25) is 14.9 Å². The lowest BCUT2D eigenvalue weighted by molar-refractivity contribution is -0.384. The average Bonchev–Trinajstić information content (AvgIpc) is 2.64. The molecular weight excluding hydrogens is 276 g/mol. The smallest absolute Gasteiger partial charge is 0.333 e. The van der Waals surface area contributed by atoms with Crippen molar-refractivity contribution in [2.24, 2.45) is 5.41 Å². The van der Waals surface area contributed by atoms with Crippen LogP contribution in [-0.4, -0.2) is 32.3 Å². The number of hydrogen-bond acceptors (Lipinski definition) is 5. The summed E-state index contributed by atoms with van der Waals surface area (Å²) < 4.78 is 1.54. The van der Waals surface area contributed by atoms with Gasteiger partial charge in [-0.25, -0.2) is 4.68 Å². The Bertz CT molecular complexity index is 575. The first-order valence-electron chi connectivity index (χ1n) is 6.99. The summed E-state index contributed by atoms with van der Waals surface area (Å²) in [5.74, 6) is -0.559. The highest BCUT2D eigenvalue weighted by Gasteiger charge is 2.44. The molecule has 8 heteroatoms. The van der Waals surface area contributed by atoms with E-state index in [0.717, 1.165) is 6.42 Å². The number of aryl methyl sites for hydroxylation is 1. The zero-order chi connectivity index (χ0) is 15.8. The Morgan fingerprint density at radius 3 is 2.57 bits per heavy atom. The molecule has 1 saturated carbocycles. The maximum absolute atomic E-state index is 11.4. The second-order valence-electron chi connectivity index (χ2n) is 5.87. The summed E-state index contributed by atoms with van der Waals surface area (Å²) in [7, 11) is 0. The van der Waals surface area contributed by atoms with Gasteiger partial charge < -0.3 is 10.4 Å². The van der Waals surface area contributed by atoms with E-state index in [1.54, 1.807) is 11.6 Å². The van der Waals surface area contributed by atoms with Crippen molar-refractivity contribution in [1.29, 1.82) is 0 Å². The fourth-order valence-corrected chi connectivity index (χ4v) is 2.62. The Kier molecular flexibility index (Phi) is 3.89. The summed E-state index contributed by atoms with van der Waals surface area (Å²) >= 11 is 0. The predicted octanol–water partition coefficient (Wildman–Crippen LogP) is 2.35. The number of carboxylic acid groups (broad SMARTS) is 1. The molecule has 0 amide bonds. The van der Waals surface area contributed by atoms with Crippen molar-refractivity contribution in [1.82, 2.24) is 9.78 Å². The van der Waals surface area contributed by atoms with Crippen LogP contribution in [0.2, 0.25) is 0 Å². The van der Waals surface area contributed by atoms with Crippen molar-refractivity contribution in [3.05, 3.63) is 15.8 Å².